The lowest BCUT2D eigenvalue weighted by Crippen LogP contribution is -2.34. The molecule has 0 saturated heterocycles. The number of esters is 1. The highest BCUT2D eigenvalue weighted by Crippen LogP contribution is 2.23. The largest absolute Gasteiger partial charge is 0.497 e. The van der Waals surface area contributed by atoms with Gasteiger partial charge in [0.05, 0.1) is 32.0 Å². The summed E-state index contributed by atoms with van der Waals surface area (Å²) in [6, 6.07) is 18.1. The van der Waals surface area contributed by atoms with Gasteiger partial charge in [-0.25, -0.2) is 10.2 Å². The molecule has 0 unspecified atom stereocenters. The maximum absolute atomic E-state index is 12.5. The van der Waals surface area contributed by atoms with E-state index in [1.807, 2.05) is 6.92 Å². The number of nitrogens with zero attached hydrogens (tertiary/aromatic N) is 1. The van der Waals surface area contributed by atoms with Crippen molar-refractivity contribution in [2.45, 2.75) is 6.92 Å². The van der Waals surface area contributed by atoms with Gasteiger partial charge < -0.3 is 19.5 Å². The van der Waals surface area contributed by atoms with Crippen LogP contribution in [-0.4, -0.2) is 44.3 Å². The number of carbonyl (C=O) groups excluding carboxylic acids is 3. The zero-order valence-corrected chi connectivity index (χ0v) is 21.2. The van der Waals surface area contributed by atoms with Crippen molar-refractivity contribution in [2.75, 3.05) is 20.3 Å². The number of hydrogen-bond donors (Lipinski definition) is 2. The van der Waals surface area contributed by atoms with Crippen LogP contribution in [0.15, 0.2) is 76.3 Å². The normalized spacial score (nSPS) is 10.5. The SMILES string of the molecule is CCOc1ccc(C(=O)NCC(=O)NN=Cc2cc(Br)ccc2OC(=O)c2ccc(OC)cc2)cc1. The number of hydrogen-bond acceptors (Lipinski definition) is 7. The lowest BCUT2D eigenvalue weighted by atomic mass is 10.2. The number of hydrazone groups is 1. The molecule has 3 rings (SSSR count). The molecular formula is C26H24BrN3O6. The molecule has 0 heterocycles. The van der Waals surface area contributed by atoms with Crippen LogP contribution >= 0.6 is 15.9 Å². The summed E-state index contributed by atoms with van der Waals surface area (Å²) >= 11 is 3.36. The molecule has 2 N–H and O–H groups in total. The fraction of sp³-hybridized carbons (Fsp3) is 0.154. The van der Waals surface area contributed by atoms with Crippen molar-refractivity contribution < 1.29 is 28.6 Å². The Hall–Kier alpha value is -4.18. The van der Waals surface area contributed by atoms with E-state index >= 15 is 0 Å². The van der Waals surface area contributed by atoms with E-state index in [4.69, 9.17) is 14.2 Å². The number of carbonyl (C=O) groups is 3. The first-order valence-corrected chi connectivity index (χ1v) is 11.7. The second-order valence-corrected chi connectivity index (χ2v) is 8.15. The highest BCUT2D eigenvalue weighted by molar-refractivity contribution is 9.10. The first kappa shape index (κ1) is 26.4. The van der Waals surface area contributed by atoms with Crippen LogP contribution in [0.1, 0.15) is 33.2 Å². The van der Waals surface area contributed by atoms with Crippen LogP contribution in [-0.2, 0) is 4.79 Å². The Morgan fingerprint density at radius 3 is 2.28 bits per heavy atom. The first-order chi connectivity index (χ1) is 17.4. The predicted molar refractivity (Wildman–Crippen MR) is 138 cm³/mol. The molecule has 36 heavy (non-hydrogen) atoms. The van der Waals surface area contributed by atoms with Crippen molar-refractivity contribution >= 4 is 39.9 Å². The molecule has 186 valence electrons. The van der Waals surface area contributed by atoms with E-state index in [0.29, 0.717) is 34.8 Å². The molecule has 0 atom stereocenters. The molecule has 0 aliphatic heterocycles. The molecule has 0 spiro atoms. The van der Waals surface area contributed by atoms with Crippen LogP contribution in [0.3, 0.4) is 0 Å². The zero-order valence-electron chi connectivity index (χ0n) is 19.6. The number of methoxy groups -OCH3 is 1. The molecule has 0 fully saturated rings. The van der Waals surface area contributed by atoms with Gasteiger partial charge >= 0.3 is 5.97 Å². The Kier molecular flexibility index (Phi) is 9.58. The van der Waals surface area contributed by atoms with Crippen molar-refractivity contribution in [3.63, 3.8) is 0 Å². The third-order valence-corrected chi connectivity index (χ3v) is 5.22. The van der Waals surface area contributed by atoms with Crippen molar-refractivity contribution in [3.8, 4) is 17.2 Å². The minimum atomic E-state index is -0.560. The number of amides is 2. The Balaban J connectivity index is 1.56. The number of halogens is 1. The maximum Gasteiger partial charge on any atom is 0.343 e. The molecular weight excluding hydrogens is 530 g/mol. The van der Waals surface area contributed by atoms with E-state index in [9.17, 15) is 14.4 Å². The van der Waals surface area contributed by atoms with Gasteiger partial charge in [-0.2, -0.15) is 5.10 Å². The minimum absolute atomic E-state index is 0.251. The second-order valence-electron chi connectivity index (χ2n) is 7.23. The van der Waals surface area contributed by atoms with Gasteiger partial charge in [0.25, 0.3) is 11.8 Å². The van der Waals surface area contributed by atoms with Crippen molar-refractivity contribution in [2.24, 2.45) is 5.10 Å². The van der Waals surface area contributed by atoms with Gasteiger partial charge in [-0.15, -0.1) is 0 Å². The van der Waals surface area contributed by atoms with Gasteiger partial charge in [-0.1, -0.05) is 15.9 Å². The van der Waals surface area contributed by atoms with E-state index in [2.05, 4.69) is 31.8 Å². The highest BCUT2D eigenvalue weighted by atomic mass is 79.9. The average molecular weight is 554 g/mol. The molecule has 3 aromatic rings. The van der Waals surface area contributed by atoms with Crippen LogP contribution in [0.25, 0.3) is 0 Å². The smallest absolute Gasteiger partial charge is 0.343 e. The van der Waals surface area contributed by atoms with Crippen LogP contribution in [0.2, 0.25) is 0 Å². The Morgan fingerprint density at radius 1 is 0.944 bits per heavy atom. The van der Waals surface area contributed by atoms with Gasteiger partial charge in [-0.05, 0) is 73.7 Å². The van der Waals surface area contributed by atoms with Gasteiger partial charge in [-0.3, -0.25) is 9.59 Å². The molecule has 3 aromatic carbocycles. The summed E-state index contributed by atoms with van der Waals surface area (Å²) in [5.74, 6) is 0.0304. The Labute approximate surface area is 216 Å². The summed E-state index contributed by atoms with van der Waals surface area (Å²) in [7, 11) is 1.54. The molecule has 0 aromatic heterocycles. The molecule has 0 aliphatic carbocycles. The molecule has 0 bridgehead atoms. The van der Waals surface area contributed by atoms with E-state index in [1.165, 1.54) is 13.3 Å². The van der Waals surface area contributed by atoms with Crippen LogP contribution in [0.5, 0.6) is 17.2 Å². The summed E-state index contributed by atoms with van der Waals surface area (Å²) in [5, 5.41) is 6.43. The predicted octanol–water partition coefficient (Wildman–Crippen LogP) is 3.96. The van der Waals surface area contributed by atoms with Crippen LogP contribution < -0.4 is 25.0 Å². The average Bonchev–Trinajstić information content (AvgIpc) is 2.89. The van der Waals surface area contributed by atoms with Crippen LogP contribution in [0.4, 0.5) is 0 Å². The highest BCUT2D eigenvalue weighted by Gasteiger charge is 2.12. The fourth-order valence-electron chi connectivity index (χ4n) is 2.94. The van der Waals surface area contributed by atoms with E-state index < -0.39 is 17.8 Å². The lowest BCUT2D eigenvalue weighted by Gasteiger charge is -2.09. The summed E-state index contributed by atoms with van der Waals surface area (Å²) in [5.41, 5.74) is 3.52. The van der Waals surface area contributed by atoms with Gasteiger partial charge in [0.15, 0.2) is 0 Å². The molecule has 0 radical (unpaired) electrons. The Morgan fingerprint density at radius 2 is 1.61 bits per heavy atom. The maximum atomic E-state index is 12.5. The summed E-state index contributed by atoms with van der Waals surface area (Å²) in [6.07, 6.45) is 1.34. The van der Waals surface area contributed by atoms with Crippen LogP contribution in [0, 0.1) is 0 Å². The Bertz CT molecular complexity index is 1240. The summed E-state index contributed by atoms with van der Waals surface area (Å²) in [6.45, 7) is 2.12. The van der Waals surface area contributed by atoms with Crippen molar-refractivity contribution in [1.82, 2.24) is 10.7 Å². The van der Waals surface area contributed by atoms with E-state index in [-0.39, 0.29) is 12.3 Å². The third kappa shape index (κ3) is 7.67. The van der Waals surface area contributed by atoms with E-state index in [1.54, 1.807) is 66.7 Å². The molecule has 0 aliphatic rings. The molecule has 0 saturated carbocycles. The second kappa shape index (κ2) is 13.1. The summed E-state index contributed by atoms with van der Waals surface area (Å²) < 4.78 is 16.7. The standard InChI is InChI=1S/C26H24BrN3O6/c1-3-35-22-11-4-17(5-12-22)25(32)28-16-24(31)30-29-15-19-14-20(27)8-13-23(19)36-26(33)18-6-9-21(34-2)10-7-18/h4-15H,3,16H2,1-2H3,(H,28,32)(H,30,31). The van der Waals surface area contributed by atoms with Crippen molar-refractivity contribution in [3.05, 3.63) is 87.9 Å². The van der Waals surface area contributed by atoms with Gasteiger partial charge in [0.2, 0.25) is 0 Å². The quantitative estimate of drug-likeness (QED) is 0.170. The minimum Gasteiger partial charge on any atom is -0.497 e. The van der Waals surface area contributed by atoms with Crippen molar-refractivity contribution in [1.29, 1.82) is 0 Å². The number of nitrogens with one attached hydrogen (secondary N) is 2. The third-order valence-electron chi connectivity index (χ3n) is 4.73. The zero-order chi connectivity index (χ0) is 25.9. The fourth-order valence-corrected chi connectivity index (χ4v) is 3.32. The molecule has 2 amide bonds. The van der Waals surface area contributed by atoms with Gasteiger partial charge in [0.1, 0.15) is 17.2 Å². The first-order valence-electron chi connectivity index (χ1n) is 10.9. The summed E-state index contributed by atoms with van der Waals surface area (Å²) in [4.78, 5) is 36.8. The topological polar surface area (TPSA) is 115 Å². The van der Waals surface area contributed by atoms with Gasteiger partial charge in [0, 0.05) is 15.6 Å². The number of ether oxygens (including phenoxy) is 3. The monoisotopic (exact) mass is 553 g/mol. The lowest BCUT2D eigenvalue weighted by molar-refractivity contribution is -0.120. The van der Waals surface area contributed by atoms with E-state index in [0.717, 1.165) is 4.47 Å². The molecule has 10 heteroatoms. The number of benzene rings is 3. The number of rotatable bonds is 10. The molecule has 9 nitrogen and oxygen atoms in total.